The van der Waals surface area contributed by atoms with Gasteiger partial charge in [0.05, 0.1) is 12.6 Å². The van der Waals surface area contributed by atoms with Gasteiger partial charge in [-0.2, -0.15) is 0 Å². The maximum absolute atomic E-state index is 9.82. The van der Waals surface area contributed by atoms with Crippen LogP contribution in [0.2, 0.25) is 5.02 Å². The Bertz CT molecular complexity index is 870. The molecule has 29 heavy (non-hydrogen) atoms. The van der Waals surface area contributed by atoms with Gasteiger partial charge < -0.3 is 15.5 Å². The first kappa shape index (κ1) is 21.2. The van der Waals surface area contributed by atoms with Gasteiger partial charge in [-0.05, 0) is 54.4 Å². The summed E-state index contributed by atoms with van der Waals surface area (Å²) in [4.78, 5) is 2.27. The molecule has 3 N–H and O–H groups in total. The number of nitrogens with one attached hydrogen (secondary N) is 1. The van der Waals surface area contributed by atoms with E-state index in [2.05, 4.69) is 22.3 Å². The maximum atomic E-state index is 9.82. The molecule has 0 saturated carbocycles. The molecular formula is C24H27ClN2O2. The molecule has 0 fully saturated rings. The molecule has 2 atom stereocenters. The molecule has 4 nitrogen and oxygen atoms in total. The lowest BCUT2D eigenvalue weighted by Crippen LogP contribution is -2.39. The van der Waals surface area contributed by atoms with E-state index in [4.69, 9.17) is 11.6 Å². The van der Waals surface area contributed by atoms with Crippen LogP contribution in [0.1, 0.15) is 24.1 Å². The van der Waals surface area contributed by atoms with Crippen molar-refractivity contribution < 1.29 is 10.2 Å². The van der Waals surface area contributed by atoms with Gasteiger partial charge in [-0.3, -0.25) is 4.90 Å². The number of aromatic hydroxyl groups is 1. The first-order valence-corrected chi connectivity index (χ1v) is 10.1. The summed E-state index contributed by atoms with van der Waals surface area (Å²) >= 11 is 6.09. The summed E-state index contributed by atoms with van der Waals surface area (Å²) in [6.07, 6.45) is 0. The average Bonchev–Trinajstić information content (AvgIpc) is 2.75. The molecule has 3 rings (SSSR count). The molecule has 0 aliphatic carbocycles. The Kier molecular flexibility index (Phi) is 7.53. The van der Waals surface area contributed by atoms with E-state index in [0.717, 1.165) is 17.8 Å². The van der Waals surface area contributed by atoms with E-state index in [0.29, 0.717) is 11.6 Å². The number of rotatable bonds is 9. The smallest absolute Gasteiger partial charge is 0.115 e. The lowest BCUT2D eigenvalue weighted by molar-refractivity contribution is 0.123. The van der Waals surface area contributed by atoms with Gasteiger partial charge in [0.1, 0.15) is 5.75 Å². The predicted molar refractivity (Wildman–Crippen MR) is 119 cm³/mol. The summed E-state index contributed by atoms with van der Waals surface area (Å²) < 4.78 is 0. The third-order valence-electron chi connectivity index (χ3n) is 5.01. The molecule has 0 spiro atoms. The number of hydrogen-bond donors (Lipinski definition) is 3. The van der Waals surface area contributed by atoms with Crippen molar-refractivity contribution in [2.45, 2.75) is 25.6 Å². The fourth-order valence-electron chi connectivity index (χ4n) is 3.26. The highest BCUT2D eigenvalue weighted by atomic mass is 35.5. The van der Waals surface area contributed by atoms with Crippen LogP contribution in [0.15, 0.2) is 78.9 Å². The lowest BCUT2D eigenvalue weighted by atomic mass is 10.0. The van der Waals surface area contributed by atoms with Crippen molar-refractivity contribution in [1.82, 2.24) is 4.90 Å². The van der Waals surface area contributed by atoms with E-state index in [1.54, 1.807) is 12.1 Å². The second-order valence-corrected chi connectivity index (χ2v) is 7.68. The summed E-state index contributed by atoms with van der Waals surface area (Å²) in [5, 5.41) is 23.6. The molecule has 0 saturated heterocycles. The van der Waals surface area contributed by atoms with Crippen molar-refractivity contribution >= 4 is 17.3 Å². The molecule has 0 aliphatic rings. The summed E-state index contributed by atoms with van der Waals surface area (Å²) in [7, 11) is 0. The van der Waals surface area contributed by atoms with Crippen molar-refractivity contribution in [1.29, 1.82) is 0 Å². The van der Waals surface area contributed by atoms with E-state index in [1.165, 1.54) is 5.56 Å². The number of phenols is 1. The van der Waals surface area contributed by atoms with E-state index < -0.39 is 0 Å². The molecule has 0 aliphatic heterocycles. The van der Waals surface area contributed by atoms with Gasteiger partial charge >= 0.3 is 0 Å². The molecule has 3 aromatic carbocycles. The number of aliphatic hydroxyl groups excluding tert-OH is 1. The Morgan fingerprint density at radius 2 is 1.59 bits per heavy atom. The van der Waals surface area contributed by atoms with Crippen LogP contribution in [0.3, 0.4) is 0 Å². The lowest BCUT2D eigenvalue weighted by Gasteiger charge is -2.33. The molecule has 152 valence electrons. The van der Waals surface area contributed by atoms with Gasteiger partial charge in [-0.25, -0.2) is 0 Å². The zero-order valence-corrected chi connectivity index (χ0v) is 17.3. The molecule has 0 amide bonds. The second-order valence-electron chi connectivity index (χ2n) is 7.24. The summed E-state index contributed by atoms with van der Waals surface area (Å²) in [5.41, 5.74) is 3.22. The number of phenolic OH excluding ortho intramolecular Hbond substituents is 1. The fourth-order valence-corrected chi connectivity index (χ4v) is 3.38. The highest BCUT2D eigenvalue weighted by Crippen LogP contribution is 2.25. The first-order valence-electron chi connectivity index (χ1n) is 9.75. The zero-order valence-electron chi connectivity index (χ0n) is 16.5. The number of hydrogen-bond acceptors (Lipinski definition) is 4. The number of anilines is 1. The van der Waals surface area contributed by atoms with E-state index in [1.807, 2.05) is 61.5 Å². The van der Waals surface area contributed by atoms with Gasteiger partial charge in [-0.1, -0.05) is 54.1 Å². The van der Waals surface area contributed by atoms with Crippen LogP contribution in [0.25, 0.3) is 0 Å². The molecule has 0 radical (unpaired) electrons. The minimum absolute atomic E-state index is 0.00613. The van der Waals surface area contributed by atoms with Crippen molar-refractivity contribution in [2.24, 2.45) is 0 Å². The van der Waals surface area contributed by atoms with Gasteiger partial charge in [0.15, 0.2) is 0 Å². The van der Waals surface area contributed by atoms with Crippen molar-refractivity contribution in [2.75, 3.05) is 18.5 Å². The van der Waals surface area contributed by atoms with Crippen molar-refractivity contribution in [3.8, 4) is 5.75 Å². The van der Waals surface area contributed by atoms with Crippen LogP contribution >= 0.6 is 11.6 Å². The predicted octanol–water partition coefficient (Wildman–Crippen LogP) is 5.08. The highest BCUT2D eigenvalue weighted by molar-refractivity contribution is 6.30. The van der Waals surface area contributed by atoms with E-state index in [-0.39, 0.29) is 24.4 Å². The first-order chi connectivity index (χ1) is 14.0. The van der Waals surface area contributed by atoms with Crippen LogP contribution in [0.4, 0.5) is 5.69 Å². The quantitative estimate of drug-likeness (QED) is 0.430. The Labute approximate surface area is 177 Å². The standard InChI is InChI=1S/C24H27ClN2O2/c1-18(17-28)27(15-19-5-3-2-4-6-19)16-24(20-7-9-21(25)10-8-20)26-22-11-13-23(29)14-12-22/h2-14,18,24,26,28-29H,15-17H2,1H3/t18-,24+/m1/s1. The molecular weight excluding hydrogens is 384 g/mol. The number of benzene rings is 3. The van der Waals surface area contributed by atoms with E-state index in [9.17, 15) is 10.2 Å². The molecule has 0 unspecified atom stereocenters. The van der Waals surface area contributed by atoms with Crippen LogP contribution < -0.4 is 5.32 Å². The van der Waals surface area contributed by atoms with E-state index >= 15 is 0 Å². The largest absolute Gasteiger partial charge is 0.508 e. The summed E-state index contributed by atoms with van der Waals surface area (Å²) in [6.45, 7) is 3.55. The monoisotopic (exact) mass is 410 g/mol. The summed E-state index contributed by atoms with van der Waals surface area (Å²) in [5.74, 6) is 0.234. The topological polar surface area (TPSA) is 55.7 Å². The van der Waals surface area contributed by atoms with Gasteiger partial charge in [0, 0.05) is 29.8 Å². The molecule has 3 aromatic rings. The third kappa shape index (κ3) is 6.23. The Morgan fingerprint density at radius 1 is 0.931 bits per heavy atom. The fraction of sp³-hybridized carbons (Fsp3) is 0.250. The number of halogens is 1. The van der Waals surface area contributed by atoms with Gasteiger partial charge in [0.25, 0.3) is 0 Å². The summed E-state index contributed by atoms with van der Waals surface area (Å²) in [6, 6.07) is 25.1. The SMILES string of the molecule is C[C@H](CO)N(Cc1ccccc1)C[C@H](Nc1ccc(O)cc1)c1ccc(Cl)cc1. The average molecular weight is 411 g/mol. The normalized spacial score (nSPS) is 13.2. The Hall–Kier alpha value is -2.53. The maximum Gasteiger partial charge on any atom is 0.115 e. The minimum Gasteiger partial charge on any atom is -0.508 e. The van der Waals surface area contributed by atoms with Gasteiger partial charge in [-0.15, -0.1) is 0 Å². The van der Waals surface area contributed by atoms with Crippen LogP contribution in [0.5, 0.6) is 5.75 Å². The zero-order chi connectivity index (χ0) is 20.6. The Balaban J connectivity index is 1.85. The molecule has 0 bridgehead atoms. The third-order valence-corrected chi connectivity index (χ3v) is 5.27. The molecule has 0 aromatic heterocycles. The number of nitrogens with zero attached hydrogens (tertiary/aromatic N) is 1. The van der Waals surface area contributed by atoms with Crippen molar-refractivity contribution in [3.63, 3.8) is 0 Å². The second kappa shape index (κ2) is 10.3. The van der Waals surface area contributed by atoms with Crippen molar-refractivity contribution in [3.05, 3.63) is 95.0 Å². The molecule has 5 heteroatoms. The minimum atomic E-state index is -0.0190. The molecule has 0 heterocycles. The van der Waals surface area contributed by atoms with Crippen LogP contribution in [-0.2, 0) is 6.54 Å². The number of aliphatic hydroxyl groups is 1. The Morgan fingerprint density at radius 3 is 2.21 bits per heavy atom. The van der Waals surface area contributed by atoms with Gasteiger partial charge in [0.2, 0.25) is 0 Å². The van der Waals surface area contributed by atoms with Crippen LogP contribution in [0, 0.1) is 0 Å². The van der Waals surface area contributed by atoms with Crippen LogP contribution in [-0.4, -0.2) is 34.3 Å². The highest BCUT2D eigenvalue weighted by Gasteiger charge is 2.20.